The Morgan fingerprint density at radius 3 is 2.33 bits per heavy atom. The maximum absolute atomic E-state index is 11.7. The van der Waals surface area contributed by atoms with E-state index in [9.17, 15) is 14.4 Å². The molecule has 7 nitrogen and oxygen atoms in total. The molecule has 0 spiro atoms. The predicted molar refractivity (Wildman–Crippen MR) is 78.4 cm³/mol. The number of hydrogen-bond donors (Lipinski definition) is 3. The fourth-order valence-corrected chi connectivity index (χ4v) is 1.79. The molecule has 3 amide bonds. The Kier molecular flexibility index (Phi) is 6.19. The summed E-state index contributed by atoms with van der Waals surface area (Å²) in [7, 11) is 0. The van der Waals surface area contributed by atoms with Gasteiger partial charge in [-0.25, -0.2) is 9.59 Å². The SMILES string of the molecule is CCN(CC)C(=O)CNC(=O)Nc1ccccc1C(=O)O. The highest BCUT2D eigenvalue weighted by molar-refractivity contribution is 6.00. The van der Waals surface area contributed by atoms with Crippen molar-refractivity contribution in [2.45, 2.75) is 13.8 Å². The molecule has 0 radical (unpaired) electrons. The van der Waals surface area contributed by atoms with Crippen LogP contribution in [0.15, 0.2) is 24.3 Å². The number of rotatable bonds is 6. The number of likely N-dealkylation sites (N-methyl/N-ethyl adjacent to an activating group) is 1. The van der Waals surface area contributed by atoms with E-state index in [2.05, 4.69) is 10.6 Å². The van der Waals surface area contributed by atoms with Crippen molar-refractivity contribution in [2.24, 2.45) is 0 Å². The lowest BCUT2D eigenvalue weighted by Crippen LogP contribution is -2.41. The zero-order valence-electron chi connectivity index (χ0n) is 12.0. The van der Waals surface area contributed by atoms with Crippen molar-refractivity contribution in [1.82, 2.24) is 10.2 Å². The van der Waals surface area contributed by atoms with E-state index < -0.39 is 12.0 Å². The Labute approximate surface area is 122 Å². The molecule has 0 saturated carbocycles. The molecule has 0 aliphatic heterocycles. The summed E-state index contributed by atoms with van der Waals surface area (Å²) in [5.41, 5.74) is 0.167. The third-order valence-corrected chi connectivity index (χ3v) is 2.92. The van der Waals surface area contributed by atoms with Gasteiger partial charge in [0, 0.05) is 13.1 Å². The molecular weight excluding hydrogens is 274 g/mol. The van der Waals surface area contributed by atoms with Gasteiger partial charge in [0.05, 0.1) is 17.8 Å². The van der Waals surface area contributed by atoms with Crippen molar-refractivity contribution in [3.8, 4) is 0 Å². The van der Waals surface area contributed by atoms with Crippen molar-refractivity contribution in [3.63, 3.8) is 0 Å². The highest BCUT2D eigenvalue weighted by atomic mass is 16.4. The number of urea groups is 1. The van der Waals surface area contributed by atoms with Crippen LogP contribution in [0.25, 0.3) is 0 Å². The lowest BCUT2D eigenvalue weighted by Gasteiger charge is -2.18. The van der Waals surface area contributed by atoms with Gasteiger partial charge in [0.25, 0.3) is 0 Å². The summed E-state index contributed by atoms with van der Waals surface area (Å²) in [4.78, 5) is 36.0. The summed E-state index contributed by atoms with van der Waals surface area (Å²) < 4.78 is 0. The van der Waals surface area contributed by atoms with Gasteiger partial charge in [-0.15, -0.1) is 0 Å². The van der Waals surface area contributed by atoms with Crippen LogP contribution < -0.4 is 10.6 Å². The van der Waals surface area contributed by atoms with Crippen LogP contribution in [0.2, 0.25) is 0 Å². The third-order valence-electron chi connectivity index (χ3n) is 2.92. The Balaban J connectivity index is 2.59. The van der Waals surface area contributed by atoms with Crippen molar-refractivity contribution < 1.29 is 19.5 Å². The summed E-state index contributed by atoms with van der Waals surface area (Å²) in [6.07, 6.45) is 0. The minimum atomic E-state index is -1.13. The van der Waals surface area contributed by atoms with Crippen LogP contribution in [0.5, 0.6) is 0 Å². The lowest BCUT2D eigenvalue weighted by atomic mass is 10.2. The minimum Gasteiger partial charge on any atom is -0.478 e. The maximum Gasteiger partial charge on any atom is 0.337 e. The van der Waals surface area contributed by atoms with Gasteiger partial charge in [-0.05, 0) is 26.0 Å². The molecule has 114 valence electrons. The molecule has 21 heavy (non-hydrogen) atoms. The zero-order valence-corrected chi connectivity index (χ0v) is 12.0. The number of carboxylic acid groups (broad SMARTS) is 1. The second-order valence-corrected chi connectivity index (χ2v) is 4.22. The van der Waals surface area contributed by atoms with Crippen LogP contribution >= 0.6 is 0 Å². The van der Waals surface area contributed by atoms with Gasteiger partial charge >= 0.3 is 12.0 Å². The molecule has 0 aliphatic rings. The third kappa shape index (κ3) is 4.79. The van der Waals surface area contributed by atoms with E-state index in [0.717, 1.165) is 0 Å². The number of para-hydroxylation sites is 1. The van der Waals surface area contributed by atoms with Crippen molar-refractivity contribution in [1.29, 1.82) is 0 Å². The van der Waals surface area contributed by atoms with Crippen LogP contribution in [0.3, 0.4) is 0 Å². The standard InChI is InChI=1S/C14H19N3O4/c1-3-17(4-2)12(18)9-15-14(21)16-11-8-6-5-7-10(11)13(19)20/h5-8H,3-4,9H2,1-2H3,(H,19,20)(H2,15,16,21). The highest BCUT2D eigenvalue weighted by Gasteiger charge is 2.13. The summed E-state index contributed by atoms with van der Waals surface area (Å²) in [5.74, 6) is -1.33. The summed E-state index contributed by atoms with van der Waals surface area (Å²) in [5, 5.41) is 13.8. The molecule has 0 aromatic heterocycles. The van der Waals surface area contributed by atoms with Crippen molar-refractivity contribution in [2.75, 3.05) is 25.0 Å². The Bertz CT molecular complexity index is 527. The van der Waals surface area contributed by atoms with E-state index >= 15 is 0 Å². The minimum absolute atomic E-state index is 0.0114. The van der Waals surface area contributed by atoms with Gasteiger partial charge in [-0.1, -0.05) is 12.1 Å². The molecule has 0 unspecified atom stereocenters. The lowest BCUT2D eigenvalue weighted by molar-refractivity contribution is -0.129. The van der Waals surface area contributed by atoms with Gasteiger partial charge in [0.15, 0.2) is 0 Å². The second-order valence-electron chi connectivity index (χ2n) is 4.22. The molecule has 1 rings (SSSR count). The van der Waals surface area contributed by atoms with Crippen LogP contribution in [0.4, 0.5) is 10.5 Å². The van der Waals surface area contributed by atoms with E-state index in [0.29, 0.717) is 13.1 Å². The number of hydrogen-bond acceptors (Lipinski definition) is 3. The average molecular weight is 293 g/mol. The van der Waals surface area contributed by atoms with Gasteiger partial charge < -0.3 is 20.6 Å². The monoisotopic (exact) mass is 293 g/mol. The van der Waals surface area contributed by atoms with Crippen molar-refractivity contribution in [3.05, 3.63) is 29.8 Å². The van der Waals surface area contributed by atoms with E-state index in [1.165, 1.54) is 12.1 Å². The largest absolute Gasteiger partial charge is 0.478 e. The molecule has 0 atom stereocenters. The fourth-order valence-electron chi connectivity index (χ4n) is 1.79. The topological polar surface area (TPSA) is 98.7 Å². The molecule has 1 aromatic carbocycles. The first-order valence-electron chi connectivity index (χ1n) is 6.64. The molecule has 3 N–H and O–H groups in total. The van der Waals surface area contributed by atoms with Crippen LogP contribution in [-0.4, -0.2) is 47.5 Å². The smallest absolute Gasteiger partial charge is 0.337 e. The second kappa shape index (κ2) is 7.88. The maximum atomic E-state index is 11.7. The molecule has 7 heteroatoms. The molecule has 0 fully saturated rings. The summed E-state index contributed by atoms with van der Waals surface area (Å²) in [6, 6.07) is 5.43. The van der Waals surface area contributed by atoms with Crippen LogP contribution in [0.1, 0.15) is 24.2 Å². The van der Waals surface area contributed by atoms with Crippen LogP contribution in [0, 0.1) is 0 Å². The Morgan fingerprint density at radius 2 is 1.76 bits per heavy atom. The van der Waals surface area contributed by atoms with E-state index in [4.69, 9.17) is 5.11 Å². The van der Waals surface area contributed by atoms with Gasteiger partial charge in [-0.3, -0.25) is 4.79 Å². The summed E-state index contributed by atoms with van der Waals surface area (Å²) in [6.45, 7) is 4.71. The fraction of sp³-hybridized carbons (Fsp3) is 0.357. The first-order chi connectivity index (χ1) is 9.99. The molecular formula is C14H19N3O4. The number of benzene rings is 1. The van der Waals surface area contributed by atoms with Crippen molar-refractivity contribution >= 4 is 23.6 Å². The number of carbonyl (C=O) groups excluding carboxylic acids is 2. The number of carbonyl (C=O) groups is 3. The van der Waals surface area contributed by atoms with Gasteiger partial charge in [-0.2, -0.15) is 0 Å². The first-order valence-corrected chi connectivity index (χ1v) is 6.64. The first kappa shape index (κ1) is 16.5. The number of amides is 3. The predicted octanol–water partition coefficient (Wildman–Crippen LogP) is 1.37. The quantitative estimate of drug-likeness (QED) is 0.737. The normalized spacial score (nSPS) is 9.81. The summed E-state index contributed by atoms with van der Waals surface area (Å²) >= 11 is 0. The molecule has 0 aliphatic carbocycles. The molecule has 1 aromatic rings. The zero-order chi connectivity index (χ0) is 15.8. The Hall–Kier alpha value is -2.57. The number of nitrogens with zero attached hydrogens (tertiary/aromatic N) is 1. The molecule has 0 heterocycles. The number of carboxylic acids is 1. The number of anilines is 1. The van der Waals surface area contributed by atoms with E-state index in [-0.39, 0.29) is 23.7 Å². The number of nitrogens with one attached hydrogen (secondary N) is 2. The van der Waals surface area contributed by atoms with Gasteiger partial charge in [0.2, 0.25) is 5.91 Å². The van der Waals surface area contributed by atoms with Gasteiger partial charge in [0.1, 0.15) is 0 Å². The number of aromatic carboxylic acids is 1. The molecule has 0 bridgehead atoms. The van der Waals surface area contributed by atoms with E-state index in [1.54, 1.807) is 17.0 Å². The van der Waals surface area contributed by atoms with E-state index in [1.807, 2.05) is 13.8 Å². The average Bonchev–Trinajstić information content (AvgIpc) is 2.46. The highest BCUT2D eigenvalue weighted by Crippen LogP contribution is 2.14. The molecule has 0 saturated heterocycles. The van der Waals surface area contributed by atoms with Crippen LogP contribution in [-0.2, 0) is 4.79 Å². The Morgan fingerprint density at radius 1 is 1.14 bits per heavy atom.